The molecule has 0 radical (unpaired) electrons. The van der Waals surface area contributed by atoms with Gasteiger partial charge in [0.25, 0.3) is 0 Å². The Morgan fingerprint density at radius 2 is 2.50 bits per heavy atom. The molecule has 1 aromatic heterocycles. The van der Waals surface area contributed by atoms with Gasteiger partial charge in [-0.25, -0.2) is 0 Å². The average molecular weight is 164 g/mol. The molecule has 0 aliphatic rings. The maximum Gasteiger partial charge on any atom is 0.0683 e. The van der Waals surface area contributed by atoms with Crippen LogP contribution in [0.1, 0.15) is 17.3 Å². The van der Waals surface area contributed by atoms with E-state index in [0.29, 0.717) is 0 Å². The number of nitrogens with two attached hydrogens (primary N) is 1. The molecule has 0 bridgehead atoms. The molecule has 0 amide bonds. The molecule has 0 spiro atoms. The zero-order valence-corrected chi connectivity index (χ0v) is 6.77. The van der Waals surface area contributed by atoms with E-state index in [0.717, 1.165) is 11.3 Å². The Morgan fingerprint density at radius 1 is 1.75 bits per heavy atom. The van der Waals surface area contributed by atoms with Crippen LogP contribution < -0.4 is 5.73 Å². The van der Waals surface area contributed by atoms with E-state index >= 15 is 0 Å². The summed E-state index contributed by atoms with van der Waals surface area (Å²) in [6, 6.07) is 3.27. The number of rotatable bonds is 3. The number of nitrogens with zero attached hydrogens (tertiary/aromatic N) is 1. The molecule has 0 fully saturated rings. The lowest BCUT2D eigenvalue weighted by Gasteiger charge is -2.05. The first-order valence-electron chi connectivity index (χ1n) is 3.71. The third-order valence-corrected chi connectivity index (χ3v) is 1.62. The summed E-state index contributed by atoms with van der Waals surface area (Å²) in [6.07, 6.45) is 3.24. The predicted molar refractivity (Wildman–Crippen MR) is 47.3 cm³/mol. The molecule has 0 aliphatic carbocycles. The molecular weight excluding hydrogens is 152 g/mol. The van der Waals surface area contributed by atoms with E-state index in [4.69, 9.17) is 10.8 Å². The van der Waals surface area contributed by atoms with Crippen molar-refractivity contribution in [3.63, 3.8) is 0 Å². The monoisotopic (exact) mass is 164 g/mol. The molecule has 64 valence electrons. The van der Waals surface area contributed by atoms with Crippen molar-refractivity contribution in [2.24, 2.45) is 5.73 Å². The van der Waals surface area contributed by atoms with Gasteiger partial charge in [-0.05, 0) is 17.7 Å². The van der Waals surface area contributed by atoms with Crippen molar-refractivity contribution in [1.82, 2.24) is 4.98 Å². The predicted octanol–water partition coefficient (Wildman–Crippen LogP) is 0.760. The van der Waals surface area contributed by atoms with Gasteiger partial charge in [0.2, 0.25) is 0 Å². The van der Waals surface area contributed by atoms with Crippen molar-refractivity contribution in [1.29, 1.82) is 0 Å². The fourth-order valence-electron chi connectivity index (χ4n) is 0.896. The number of hydrogen-bond acceptors (Lipinski definition) is 3. The molecule has 0 saturated heterocycles. The third kappa shape index (κ3) is 1.90. The van der Waals surface area contributed by atoms with Crippen molar-refractivity contribution in [2.45, 2.75) is 12.6 Å². The van der Waals surface area contributed by atoms with Crippen molar-refractivity contribution in [3.8, 4) is 0 Å². The minimum absolute atomic E-state index is 0.0133. The zero-order chi connectivity index (χ0) is 8.97. The summed E-state index contributed by atoms with van der Waals surface area (Å²) in [7, 11) is 0. The first kappa shape index (κ1) is 8.90. The summed E-state index contributed by atoms with van der Waals surface area (Å²) in [4.78, 5) is 4.05. The topological polar surface area (TPSA) is 59.1 Å². The van der Waals surface area contributed by atoms with Gasteiger partial charge < -0.3 is 10.8 Å². The van der Waals surface area contributed by atoms with Crippen LogP contribution in [0.25, 0.3) is 0 Å². The second-order valence-corrected chi connectivity index (χ2v) is 2.51. The highest BCUT2D eigenvalue weighted by Gasteiger charge is 2.02. The summed E-state index contributed by atoms with van der Waals surface area (Å²) in [5, 5.41) is 8.82. The molecule has 1 atom stereocenters. The largest absolute Gasteiger partial charge is 0.392 e. The number of aliphatic hydroxyl groups is 1. The molecule has 3 heteroatoms. The van der Waals surface area contributed by atoms with E-state index in [1.807, 2.05) is 0 Å². The van der Waals surface area contributed by atoms with E-state index in [1.165, 1.54) is 0 Å². The lowest BCUT2D eigenvalue weighted by atomic mass is 10.1. The molecule has 0 saturated carbocycles. The summed E-state index contributed by atoms with van der Waals surface area (Å²) in [6.45, 7) is 3.58. The summed E-state index contributed by atoms with van der Waals surface area (Å²) in [5.74, 6) is 0. The van der Waals surface area contributed by atoms with Gasteiger partial charge in [0.05, 0.1) is 18.3 Å². The number of pyridine rings is 1. The lowest BCUT2D eigenvalue weighted by molar-refractivity contribution is 0.281. The highest BCUT2D eigenvalue weighted by Crippen LogP contribution is 2.09. The van der Waals surface area contributed by atoms with Crippen LogP contribution in [0.2, 0.25) is 0 Å². The minimum Gasteiger partial charge on any atom is -0.392 e. The minimum atomic E-state index is -0.253. The second kappa shape index (κ2) is 3.99. The Hall–Kier alpha value is -1.19. The van der Waals surface area contributed by atoms with Crippen LogP contribution in [-0.4, -0.2) is 10.1 Å². The maximum atomic E-state index is 8.82. The quantitative estimate of drug-likeness (QED) is 0.648. The zero-order valence-electron chi connectivity index (χ0n) is 6.77. The fourth-order valence-corrected chi connectivity index (χ4v) is 0.896. The van der Waals surface area contributed by atoms with Crippen LogP contribution in [0.3, 0.4) is 0 Å². The molecule has 3 nitrogen and oxygen atoms in total. The van der Waals surface area contributed by atoms with Gasteiger partial charge >= 0.3 is 0 Å². The van der Waals surface area contributed by atoms with Crippen LogP contribution in [0.4, 0.5) is 0 Å². The Balaban J connectivity index is 2.93. The second-order valence-electron chi connectivity index (χ2n) is 2.51. The molecule has 0 aromatic carbocycles. The average Bonchev–Trinajstić information content (AvgIpc) is 2.17. The van der Waals surface area contributed by atoms with Gasteiger partial charge in [0, 0.05) is 6.20 Å². The normalized spacial score (nSPS) is 12.5. The molecular formula is C9H12N2O. The van der Waals surface area contributed by atoms with Gasteiger partial charge in [0.1, 0.15) is 0 Å². The van der Waals surface area contributed by atoms with Crippen molar-refractivity contribution < 1.29 is 5.11 Å². The standard InChI is InChI=1S/C9H12N2O/c1-2-8(10)9-5-7(6-12)3-4-11-9/h2-5,8,12H,1,6,10H2/t8-/m1/s1. The highest BCUT2D eigenvalue weighted by molar-refractivity contribution is 5.20. The van der Waals surface area contributed by atoms with Crippen LogP contribution in [0.5, 0.6) is 0 Å². The Bertz CT molecular complexity index is 273. The number of hydrogen-bond donors (Lipinski definition) is 2. The molecule has 3 N–H and O–H groups in total. The molecule has 1 aromatic rings. The first-order chi connectivity index (χ1) is 5.77. The maximum absolute atomic E-state index is 8.82. The fraction of sp³-hybridized carbons (Fsp3) is 0.222. The lowest BCUT2D eigenvalue weighted by Crippen LogP contribution is -2.08. The van der Waals surface area contributed by atoms with E-state index in [1.54, 1.807) is 24.4 Å². The SMILES string of the molecule is C=C[C@@H](N)c1cc(CO)ccn1. The van der Waals surface area contributed by atoms with Gasteiger partial charge in [-0.3, -0.25) is 4.98 Å². The third-order valence-electron chi connectivity index (χ3n) is 1.62. The van der Waals surface area contributed by atoms with E-state index < -0.39 is 0 Å². The summed E-state index contributed by atoms with van der Waals surface area (Å²) >= 11 is 0. The van der Waals surface area contributed by atoms with Crippen LogP contribution >= 0.6 is 0 Å². The smallest absolute Gasteiger partial charge is 0.0683 e. The van der Waals surface area contributed by atoms with Crippen LogP contribution in [-0.2, 0) is 6.61 Å². The van der Waals surface area contributed by atoms with Gasteiger partial charge in [-0.15, -0.1) is 6.58 Å². The molecule has 1 heterocycles. The van der Waals surface area contributed by atoms with Gasteiger partial charge in [-0.1, -0.05) is 6.08 Å². The molecule has 1 rings (SSSR count). The van der Waals surface area contributed by atoms with Gasteiger partial charge in [-0.2, -0.15) is 0 Å². The Morgan fingerprint density at radius 3 is 3.08 bits per heavy atom. The first-order valence-corrected chi connectivity index (χ1v) is 3.71. The Kier molecular flexibility index (Phi) is 2.96. The van der Waals surface area contributed by atoms with Crippen molar-refractivity contribution >= 4 is 0 Å². The highest BCUT2D eigenvalue weighted by atomic mass is 16.3. The van der Waals surface area contributed by atoms with Crippen molar-refractivity contribution in [2.75, 3.05) is 0 Å². The van der Waals surface area contributed by atoms with E-state index in [-0.39, 0.29) is 12.6 Å². The van der Waals surface area contributed by atoms with E-state index in [2.05, 4.69) is 11.6 Å². The summed E-state index contributed by atoms with van der Waals surface area (Å²) in [5.41, 5.74) is 7.21. The molecule has 0 aliphatic heterocycles. The number of aromatic nitrogens is 1. The van der Waals surface area contributed by atoms with Gasteiger partial charge in [0.15, 0.2) is 0 Å². The van der Waals surface area contributed by atoms with Crippen molar-refractivity contribution in [3.05, 3.63) is 42.2 Å². The Labute approximate surface area is 71.6 Å². The van der Waals surface area contributed by atoms with Crippen LogP contribution in [0.15, 0.2) is 31.0 Å². The van der Waals surface area contributed by atoms with Crippen LogP contribution in [0, 0.1) is 0 Å². The molecule has 0 unspecified atom stereocenters. The summed E-state index contributed by atoms with van der Waals surface area (Å²) < 4.78 is 0. The molecule has 12 heavy (non-hydrogen) atoms. The van der Waals surface area contributed by atoms with E-state index in [9.17, 15) is 0 Å². The number of aliphatic hydroxyl groups excluding tert-OH is 1.